The Labute approximate surface area is 96.7 Å². The minimum atomic E-state index is -0.504. The van der Waals surface area contributed by atoms with Crippen LogP contribution >= 0.6 is 11.6 Å². The van der Waals surface area contributed by atoms with Crippen LogP contribution in [-0.4, -0.2) is 11.3 Å². The third kappa shape index (κ3) is 1.95. The van der Waals surface area contributed by atoms with E-state index in [-0.39, 0.29) is 5.02 Å². The highest BCUT2D eigenvalue weighted by atomic mass is 35.5. The molecule has 2 nitrogen and oxygen atoms in total. The van der Waals surface area contributed by atoms with Crippen molar-refractivity contribution < 1.29 is 9.18 Å². The number of halogens is 2. The molecule has 16 heavy (non-hydrogen) atoms. The lowest BCUT2D eigenvalue weighted by atomic mass is 10.1. The second-order valence-electron chi connectivity index (χ2n) is 3.20. The average Bonchev–Trinajstić information content (AvgIpc) is 2.33. The van der Waals surface area contributed by atoms with Crippen molar-refractivity contribution in [2.75, 3.05) is 0 Å². The van der Waals surface area contributed by atoms with E-state index in [1.807, 2.05) is 0 Å². The molecule has 80 valence electrons. The van der Waals surface area contributed by atoms with E-state index in [0.717, 1.165) is 0 Å². The lowest BCUT2D eigenvalue weighted by Crippen LogP contribution is -1.90. The SMILES string of the molecule is O=Cc1ccc(-c2cccc(Cl)c2F)nc1. The summed E-state index contributed by atoms with van der Waals surface area (Å²) in [5.74, 6) is -0.504. The van der Waals surface area contributed by atoms with Gasteiger partial charge in [0, 0.05) is 17.3 Å². The summed E-state index contributed by atoms with van der Waals surface area (Å²) in [6.07, 6.45) is 2.08. The van der Waals surface area contributed by atoms with Gasteiger partial charge in [-0.2, -0.15) is 0 Å². The third-order valence-corrected chi connectivity index (χ3v) is 2.44. The van der Waals surface area contributed by atoms with Gasteiger partial charge in [-0.1, -0.05) is 17.7 Å². The Morgan fingerprint density at radius 3 is 2.69 bits per heavy atom. The molecule has 0 radical (unpaired) electrons. The van der Waals surface area contributed by atoms with Gasteiger partial charge in [0.2, 0.25) is 0 Å². The lowest BCUT2D eigenvalue weighted by Gasteiger charge is -2.03. The zero-order valence-corrected chi connectivity index (χ0v) is 8.91. The molecule has 0 aliphatic carbocycles. The summed E-state index contributed by atoms with van der Waals surface area (Å²) in [6, 6.07) is 7.87. The van der Waals surface area contributed by atoms with Crippen LogP contribution in [0.25, 0.3) is 11.3 Å². The van der Waals surface area contributed by atoms with Crippen molar-refractivity contribution >= 4 is 17.9 Å². The second kappa shape index (κ2) is 4.41. The maximum absolute atomic E-state index is 13.6. The predicted molar refractivity (Wildman–Crippen MR) is 60.0 cm³/mol. The largest absolute Gasteiger partial charge is 0.298 e. The second-order valence-corrected chi connectivity index (χ2v) is 3.60. The molecule has 0 unspecified atom stereocenters. The number of carbonyl (C=O) groups excluding carboxylic acids is 1. The first kappa shape index (κ1) is 10.8. The van der Waals surface area contributed by atoms with Gasteiger partial charge in [0.15, 0.2) is 12.1 Å². The van der Waals surface area contributed by atoms with Crippen LogP contribution in [0, 0.1) is 5.82 Å². The molecule has 0 fully saturated rings. The minimum Gasteiger partial charge on any atom is -0.298 e. The van der Waals surface area contributed by atoms with E-state index in [1.165, 1.54) is 12.3 Å². The summed E-state index contributed by atoms with van der Waals surface area (Å²) in [5, 5.41) is 0.0544. The average molecular weight is 236 g/mol. The third-order valence-electron chi connectivity index (χ3n) is 2.15. The topological polar surface area (TPSA) is 30.0 Å². The summed E-state index contributed by atoms with van der Waals surface area (Å²) in [6.45, 7) is 0. The van der Waals surface area contributed by atoms with Gasteiger partial charge in [0.25, 0.3) is 0 Å². The van der Waals surface area contributed by atoms with E-state index >= 15 is 0 Å². The molecule has 4 heteroatoms. The Bertz CT molecular complexity index is 525. The molecular weight excluding hydrogens is 229 g/mol. The number of rotatable bonds is 2. The Kier molecular flexibility index (Phi) is 2.97. The number of benzene rings is 1. The first-order valence-electron chi connectivity index (χ1n) is 4.58. The van der Waals surface area contributed by atoms with Gasteiger partial charge in [-0.3, -0.25) is 9.78 Å². The monoisotopic (exact) mass is 235 g/mol. The first-order valence-corrected chi connectivity index (χ1v) is 4.96. The van der Waals surface area contributed by atoms with Gasteiger partial charge >= 0.3 is 0 Å². The number of pyridine rings is 1. The zero-order chi connectivity index (χ0) is 11.5. The molecular formula is C12H7ClFNO. The number of hydrogen-bond donors (Lipinski definition) is 0. The highest BCUT2D eigenvalue weighted by molar-refractivity contribution is 6.31. The van der Waals surface area contributed by atoms with Gasteiger partial charge in [-0.25, -0.2) is 4.39 Å². The van der Waals surface area contributed by atoms with Crippen LogP contribution in [0.4, 0.5) is 4.39 Å². The van der Waals surface area contributed by atoms with E-state index in [4.69, 9.17) is 11.6 Å². The van der Waals surface area contributed by atoms with Crippen molar-refractivity contribution in [2.45, 2.75) is 0 Å². The van der Waals surface area contributed by atoms with E-state index in [9.17, 15) is 9.18 Å². The van der Waals surface area contributed by atoms with E-state index in [2.05, 4.69) is 4.98 Å². The molecule has 0 amide bonds. The van der Waals surface area contributed by atoms with E-state index in [0.29, 0.717) is 23.1 Å². The predicted octanol–water partition coefficient (Wildman–Crippen LogP) is 3.35. The normalized spacial score (nSPS) is 10.1. The van der Waals surface area contributed by atoms with E-state index in [1.54, 1.807) is 24.3 Å². The summed E-state index contributed by atoms with van der Waals surface area (Å²) in [5.41, 5.74) is 1.22. The van der Waals surface area contributed by atoms with Crippen molar-refractivity contribution in [1.29, 1.82) is 0 Å². The summed E-state index contributed by atoms with van der Waals surface area (Å²) < 4.78 is 13.6. The molecule has 0 atom stereocenters. The van der Waals surface area contributed by atoms with Crippen molar-refractivity contribution in [3.05, 3.63) is 52.9 Å². The fourth-order valence-corrected chi connectivity index (χ4v) is 1.51. The Hall–Kier alpha value is -1.74. The van der Waals surface area contributed by atoms with Crippen molar-refractivity contribution in [2.24, 2.45) is 0 Å². The Morgan fingerprint density at radius 2 is 2.06 bits per heavy atom. The summed E-state index contributed by atoms with van der Waals surface area (Å²) >= 11 is 5.66. The quantitative estimate of drug-likeness (QED) is 0.747. The molecule has 2 aromatic rings. The van der Waals surface area contributed by atoms with Crippen LogP contribution in [-0.2, 0) is 0 Å². The van der Waals surface area contributed by atoms with Gasteiger partial charge in [0.05, 0.1) is 10.7 Å². The number of carbonyl (C=O) groups is 1. The number of aromatic nitrogens is 1. The van der Waals surface area contributed by atoms with Gasteiger partial charge < -0.3 is 0 Å². The van der Waals surface area contributed by atoms with Crippen LogP contribution in [0.1, 0.15) is 10.4 Å². The lowest BCUT2D eigenvalue weighted by molar-refractivity contribution is 0.112. The van der Waals surface area contributed by atoms with Crippen LogP contribution < -0.4 is 0 Å². The molecule has 0 bridgehead atoms. The minimum absolute atomic E-state index is 0.0544. The molecule has 1 aromatic heterocycles. The Balaban J connectivity index is 2.50. The maximum atomic E-state index is 13.6. The fourth-order valence-electron chi connectivity index (χ4n) is 1.34. The van der Waals surface area contributed by atoms with Crippen LogP contribution in [0.3, 0.4) is 0 Å². The first-order chi connectivity index (χ1) is 7.72. The Morgan fingerprint density at radius 1 is 1.25 bits per heavy atom. The summed E-state index contributed by atoms with van der Waals surface area (Å²) in [4.78, 5) is 14.4. The highest BCUT2D eigenvalue weighted by Crippen LogP contribution is 2.25. The smallest absolute Gasteiger partial charge is 0.151 e. The zero-order valence-electron chi connectivity index (χ0n) is 8.15. The summed E-state index contributed by atoms with van der Waals surface area (Å²) in [7, 11) is 0. The standard InChI is InChI=1S/C12H7ClFNO/c13-10-3-1-2-9(12(10)14)11-5-4-8(7-16)6-15-11/h1-7H. The molecule has 0 aliphatic rings. The van der Waals surface area contributed by atoms with Crippen LogP contribution in [0.15, 0.2) is 36.5 Å². The number of nitrogens with zero attached hydrogens (tertiary/aromatic N) is 1. The molecule has 1 heterocycles. The van der Waals surface area contributed by atoms with Crippen molar-refractivity contribution in [1.82, 2.24) is 4.98 Å². The van der Waals surface area contributed by atoms with Gasteiger partial charge in [-0.05, 0) is 24.3 Å². The molecule has 2 rings (SSSR count). The highest BCUT2D eigenvalue weighted by Gasteiger charge is 2.09. The molecule has 0 saturated heterocycles. The van der Waals surface area contributed by atoms with Gasteiger partial charge in [0.1, 0.15) is 0 Å². The van der Waals surface area contributed by atoms with Crippen LogP contribution in [0.5, 0.6) is 0 Å². The number of hydrogen-bond acceptors (Lipinski definition) is 2. The fraction of sp³-hybridized carbons (Fsp3) is 0. The van der Waals surface area contributed by atoms with Crippen molar-refractivity contribution in [3.63, 3.8) is 0 Å². The molecule has 0 aliphatic heterocycles. The maximum Gasteiger partial charge on any atom is 0.151 e. The molecule has 1 aromatic carbocycles. The van der Waals surface area contributed by atoms with Gasteiger partial charge in [-0.15, -0.1) is 0 Å². The molecule has 0 saturated carbocycles. The molecule has 0 spiro atoms. The van der Waals surface area contributed by atoms with Crippen molar-refractivity contribution in [3.8, 4) is 11.3 Å². The van der Waals surface area contributed by atoms with E-state index < -0.39 is 5.82 Å². The molecule has 0 N–H and O–H groups in total. The number of aldehydes is 1. The van der Waals surface area contributed by atoms with Crippen LogP contribution in [0.2, 0.25) is 5.02 Å².